The van der Waals surface area contributed by atoms with Crippen molar-refractivity contribution in [2.24, 2.45) is 0 Å². The molecule has 5 heteroatoms. The average molecular weight is 318 g/mol. The van der Waals surface area contributed by atoms with Crippen molar-refractivity contribution in [1.29, 1.82) is 0 Å². The highest BCUT2D eigenvalue weighted by molar-refractivity contribution is 7.10. The van der Waals surface area contributed by atoms with Crippen molar-refractivity contribution in [2.45, 2.75) is 26.3 Å². The number of nitrogens with one attached hydrogen (secondary N) is 1. The molecule has 0 saturated heterocycles. The van der Waals surface area contributed by atoms with E-state index >= 15 is 0 Å². The SMILES string of the molecule is Cc1ccc(NC(=O)CN2CCc3sccc3[C@@H]2C)cc1F. The number of aryl methyl sites for hydroxylation is 1. The fraction of sp³-hybridized carbons (Fsp3) is 0.353. The molecule has 1 atom stereocenters. The highest BCUT2D eigenvalue weighted by Gasteiger charge is 2.26. The van der Waals surface area contributed by atoms with E-state index in [1.165, 1.54) is 16.5 Å². The lowest BCUT2D eigenvalue weighted by Gasteiger charge is -2.32. The van der Waals surface area contributed by atoms with Gasteiger partial charge in [0.15, 0.2) is 0 Å². The molecule has 1 aromatic heterocycles. The number of hydrogen-bond acceptors (Lipinski definition) is 3. The Morgan fingerprint density at radius 3 is 3.05 bits per heavy atom. The van der Waals surface area contributed by atoms with Crippen molar-refractivity contribution in [3.05, 3.63) is 51.5 Å². The fourth-order valence-corrected chi connectivity index (χ4v) is 3.80. The zero-order valence-corrected chi connectivity index (χ0v) is 13.5. The van der Waals surface area contributed by atoms with E-state index in [2.05, 4.69) is 28.6 Å². The van der Waals surface area contributed by atoms with Crippen LogP contribution in [0.25, 0.3) is 0 Å². The number of benzene rings is 1. The second-order valence-electron chi connectivity index (χ2n) is 5.71. The fourth-order valence-electron chi connectivity index (χ4n) is 2.83. The van der Waals surface area contributed by atoms with Gasteiger partial charge in [0.2, 0.25) is 5.91 Å². The third kappa shape index (κ3) is 3.05. The molecule has 1 N–H and O–H groups in total. The molecule has 2 heterocycles. The van der Waals surface area contributed by atoms with E-state index in [1.807, 2.05) is 0 Å². The minimum Gasteiger partial charge on any atom is -0.325 e. The Hall–Kier alpha value is -1.72. The van der Waals surface area contributed by atoms with Crippen molar-refractivity contribution in [1.82, 2.24) is 4.90 Å². The second kappa shape index (κ2) is 6.18. The first-order valence-corrected chi connectivity index (χ1v) is 8.29. The first-order valence-electron chi connectivity index (χ1n) is 7.41. The molecule has 1 aliphatic heterocycles. The van der Waals surface area contributed by atoms with E-state index in [0.29, 0.717) is 17.8 Å². The normalized spacial score (nSPS) is 18.0. The predicted octanol–water partition coefficient (Wildman–Crippen LogP) is 3.75. The Kier molecular flexibility index (Phi) is 4.27. The number of hydrogen-bond donors (Lipinski definition) is 1. The number of nitrogens with zero attached hydrogens (tertiary/aromatic N) is 1. The number of amides is 1. The molecule has 0 radical (unpaired) electrons. The third-order valence-electron chi connectivity index (χ3n) is 4.21. The molecule has 3 rings (SSSR count). The number of carbonyl (C=O) groups excluding carboxylic acids is 1. The van der Waals surface area contributed by atoms with Gasteiger partial charge < -0.3 is 5.32 Å². The zero-order valence-electron chi connectivity index (χ0n) is 12.7. The van der Waals surface area contributed by atoms with E-state index in [0.717, 1.165) is 13.0 Å². The molecule has 0 fully saturated rings. The molecule has 0 aliphatic carbocycles. The highest BCUT2D eigenvalue weighted by Crippen LogP contribution is 2.32. The number of thiophene rings is 1. The van der Waals surface area contributed by atoms with Gasteiger partial charge in [0.1, 0.15) is 5.82 Å². The zero-order chi connectivity index (χ0) is 15.7. The quantitative estimate of drug-likeness (QED) is 0.935. The minimum absolute atomic E-state index is 0.103. The average Bonchev–Trinajstić information content (AvgIpc) is 2.95. The molecule has 1 aliphatic rings. The number of anilines is 1. The summed E-state index contributed by atoms with van der Waals surface area (Å²) in [6.45, 7) is 5.04. The van der Waals surface area contributed by atoms with Crippen LogP contribution in [-0.4, -0.2) is 23.9 Å². The molecule has 0 unspecified atom stereocenters. The Labute approximate surface area is 133 Å². The summed E-state index contributed by atoms with van der Waals surface area (Å²) in [5.74, 6) is -0.402. The van der Waals surface area contributed by atoms with Gasteiger partial charge in [0.25, 0.3) is 0 Å². The van der Waals surface area contributed by atoms with Gasteiger partial charge in [0, 0.05) is 23.2 Å². The van der Waals surface area contributed by atoms with Gasteiger partial charge in [-0.3, -0.25) is 9.69 Å². The summed E-state index contributed by atoms with van der Waals surface area (Å²) in [4.78, 5) is 15.8. The van der Waals surface area contributed by atoms with Gasteiger partial charge in [-0.2, -0.15) is 0 Å². The summed E-state index contributed by atoms with van der Waals surface area (Å²) < 4.78 is 13.5. The van der Waals surface area contributed by atoms with E-state index < -0.39 is 0 Å². The molecule has 0 spiro atoms. The summed E-state index contributed by atoms with van der Waals surface area (Å²) in [6, 6.07) is 7.16. The molecule has 3 nitrogen and oxygen atoms in total. The van der Waals surface area contributed by atoms with Crippen LogP contribution in [0.2, 0.25) is 0 Å². The van der Waals surface area contributed by atoms with Crippen LogP contribution in [0.3, 0.4) is 0 Å². The number of fused-ring (bicyclic) bond motifs is 1. The van der Waals surface area contributed by atoms with E-state index in [1.54, 1.807) is 30.4 Å². The van der Waals surface area contributed by atoms with Crippen molar-refractivity contribution in [3.8, 4) is 0 Å². The van der Waals surface area contributed by atoms with Gasteiger partial charge in [-0.1, -0.05) is 6.07 Å². The number of carbonyl (C=O) groups is 1. The van der Waals surface area contributed by atoms with Crippen LogP contribution in [-0.2, 0) is 11.2 Å². The standard InChI is InChI=1S/C17H19FN2OS/c1-11-3-4-13(9-15(11)18)19-17(21)10-20-7-5-16-14(12(20)2)6-8-22-16/h3-4,6,8-9,12H,5,7,10H2,1-2H3,(H,19,21)/t12-/m0/s1. The predicted molar refractivity (Wildman–Crippen MR) is 87.8 cm³/mol. The molecule has 1 amide bonds. The summed E-state index contributed by atoms with van der Waals surface area (Å²) >= 11 is 1.79. The largest absolute Gasteiger partial charge is 0.325 e. The van der Waals surface area contributed by atoms with Crippen LogP contribution < -0.4 is 5.32 Å². The van der Waals surface area contributed by atoms with Gasteiger partial charge in [-0.25, -0.2) is 4.39 Å². The van der Waals surface area contributed by atoms with Crippen molar-refractivity contribution >= 4 is 22.9 Å². The first-order chi connectivity index (χ1) is 10.5. The molecule has 0 bridgehead atoms. The lowest BCUT2D eigenvalue weighted by molar-refractivity contribution is -0.117. The van der Waals surface area contributed by atoms with Crippen LogP contribution in [0.1, 0.15) is 29.0 Å². The lowest BCUT2D eigenvalue weighted by Crippen LogP contribution is -2.39. The molecule has 1 aromatic carbocycles. The van der Waals surface area contributed by atoms with Crippen LogP contribution >= 0.6 is 11.3 Å². The van der Waals surface area contributed by atoms with E-state index in [4.69, 9.17) is 0 Å². The number of rotatable bonds is 3. The third-order valence-corrected chi connectivity index (χ3v) is 5.20. The van der Waals surface area contributed by atoms with Crippen molar-refractivity contribution < 1.29 is 9.18 Å². The molecular weight excluding hydrogens is 299 g/mol. The maximum atomic E-state index is 13.5. The van der Waals surface area contributed by atoms with Crippen molar-refractivity contribution in [3.63, 3.8) is 0 Å². The summed E-state index contributed by atoms with van der Waals surface area (Å²) in [7, 11) is 0. The lowest BCUT2D eigenvalue weighted by atomic mass is 10.0. The van der Waals surface area contributed by atoms with Crippen molar-refractivity contribution in [2.75, 3.05) is 18.4 Å². The molecule has 22 heavy (non-hydrogen) atoms. The Morgan fingerprint density at radius 1 is 1.45 bits per heavy atom. The first kappa shape index (κ1) is 15.2. The summed E-state index contributed by atoms with van der Waals surface area (Å²) in [5.41, 5.74) is 2.41. The summed E-state index contributed by atoms with van der Waals surface area (Å²) in [5, 5.41) is 4.89. The van der Waals surface area contributed by atoms with Crippen LogP contribution in [0.4, 0.5) is 10.1 Å². The van der Waals surface area contributed by atoms with E-state index in [-0.39, 0.29) is 17.8 Å². The maximum absolute atomic E-state index is 13.5. The molecule has 2 aromatic rings. The molecule has 0 saturated carbocycles. The van der Waals surface area contributed by atoms with Crippen LogP contribution in [0.15, 0.2) is 29.6 Å². The second-order valence-corrected chi connectivity index (χ2v) is 6.71. The molecular formula is C17H19FN2OS. The van der Waals surface area contributed by atoms with Gasteiger partial charge in [-0.15, -0.1) is 11.3 Å². The van der Waals surface area contributed by atoms with Crippen LogP contribution in [0, 0.1) is 12.7 Å². The molecule has 116 valence electrons. The van der Waals surface area contributed by atoms with Gasteiger partial charge >= 0.3 is 0 Å². The Balaban J connectivity index is 1.64. The Bertz CT molecular complexity index is 698. The highest BCUT2D eigenvalue weighted by atomic mass is 32.1. The monoisotopic (exact) mass is 318 g/mol. The van der Waals surface area contributed by atoms with Gasteiger partial charge in [-0.05, 0) is 55.0 Å². The minimum atomic E-state index is -0.299. The van der Waals surface area contributed by atoms with Crippen LogP contribution in [0.5, 0.6) is 0 Å². The topological polar surface area (TPSA) is 32.3 Å². The maximum Gasteiger partial charge on any atom is 0.238 e. The smallest absolute Gasteiger partial charge is 0.238 e. The summed E-state index contributed by atoms with van der Waals surface area (Å²) in [6.07, 6.45) is 0.990. The Morgan fingerprint density at radius 2 is 2.27 bits per heavy atom. The van der Waals surface area contributed by atoms with Gasteiger partial charge in [0.05, 0.1) is 6.54 Å². The van der Waals surface area contributed by atoms with E-state index in [9.17, 15) is 9.18 Å². The number of halogens is 1.